The summed E-state index contributed by atoms with van der Waals surface area (Å²) in [4.78, 5) is 27.7. The molecular formula is C15H15N3O2. The molecule has 0 aliphatic heterocycles. The second-order valence-corrected chi connectivity index (χ2v) is 4.33. The molecule has 20 heavy (non-hydrogen) atoms. The van der Waals surface area contributed by atoms with Crippen molar-refractivity contribution in [2.45, 2.75) is 12.5 Å². The molecule has 0 radical (unpaired) electrons. The van der Waals surface area contributed by atoms with E-state index in [1.807, 2.05) is 12.1 Å². The quantitative estimate of drug-likeness (QED) is 0.804. The standard InChI is InChI=1S/C15H15N3O2/c1-2-5-12(14(16)19)18-15(20)11-8-3-6-10-7-4-9-17-13(10)11/h2-4,6-9,12H,1,5H2,(H2,16,19)(H,18,20)/t12-/m1/s1. The maximum absolute atomic E-state index is 12.3. The number of rotatable bonds is 5. The van der Waals surface area contributed by atoms with E-state index in [-0.39, 0.29) is 5.91 Å². The van der Waals surface area contributed by atoms with Crippen molar-refractivity contribution < 1.29 is 9.59 Å². The molecule has 102 valence electrons. The lowest BCUT2D eigenvalue weighted by Crippen LogP contribution is -2.44. The lowest BCUT2D eigenvalue weighted by molar-refractivity contribution is -0.119. The first-order valence-electron chi connectivity index (χ1n) is 6.18. The minimum Gasteiger partial charge on any atom is -0.368 e. The molecule has 2 rings (SSSR count). The smallest absolute Gasteiger partial charge is 0.254 e. The molecule has 5 heteroatoms. The van der Waals surface area contributed by atoms with Crippen molar-refractivity contribution >= 4 is 22.7 Å². The van der Waals surface area contributed by atoms with E-state index in [0.717, 1.165) is 5.39 Å². The summed E-state index contributed by atoms with van der Waals surface area (Å²) in [6.07, 6.45) is 3.45. The monoisotopic (exact) mass is 269 g/mol. The topological polar surface area (TPSA) is 85.1 Å². The van der Waals surface area contributed by atoms with Gasteiger partial charge in [0, 0.05) is 11.6 Å². The summed E-state index contributed by atoms with van der Waals surface area (Å²) in [7, 11) is 0. The van der Waals surface area contributed by atoms with E-state index in [4.69, 9.17) is 5.73 Å². The minimum atomic E-state index is -0.765. The van der Waals surface area contributed by atoms with Crippen LogP contribution >= 0.6 is 0 Å². The van der Waals surface area contributed by atoms with E-state index >= 15 is 0 Å². The molecule has 0 saturated heterocycles. The first-order chi connectivity index (χ1) is 9.63. The highest BCUT2D eigenvalue weighted by Gasteiger charge is 2.19. The van der Waals surface area contributed by atoms with E-state index < -0.39 is 11.9 Å². The number of aromatic nitrogens is 1. The third-order valence-corrected chi connectivity index (χ3v) is 2.93. The Hall–Kier alpha value is -2.69. The number of nitrogens with one attached hydrogen (secondary N) is 1. The third kappa shape index (κ3) is 2.83. The number of nitrogens with zero attached hydrogens (tertiary/aromatic N) is 1. The molecule has 0 aliphatic rings. The Kier molecular flexibility index (Phi) is 4.10. The van der Waals surface area contributed by atoms with Gasteiger partial charge < -0.3 is 11.1 Å². The van der Waals surface area contributed by atoms with Crippen molar-refractivity contribution in [3.05, 3.63) is 54.7 Å². The first kappa shape index (κ1) is 13.7. The summed E-state index contributed by atoms with van der Waals surface area (Å²) < 4.78 is 0. The van der Waals surface area contributed by atoms with Gasteiger partial charge in [0.2, 0.25) is 5.91 Å². The number of hydrogen-bond acceptors (Lipinski definition) is 3. The number of benzene rings is 1. The van der Waals surface area contributed by atoms with Crippen LogP contribution in [0.25, 0.3) is 10.9 Å². The van der Waals surface area contributed by atoms with Crippen molar-refractivity contribution in [3.63, 3.8) is 0 Å². The average Bonchev–Trinajstić information content (AvgIpc) is 2.46. The highest BCUT2D eigenvalue weighted by Crippen LogP contribution is 2.16. The number of fused-ring (bicyclic) bond motifs is 1. The number of hydrogen-bond donors (Lipinski definition) is 2. The molecule has 0 unspecified atom stereocenters. The summed E-state index contributed by atoms with van der Waals surface area (Å²) >= 11 is 0. The van der Waals surface area contributed by atoms with Crippen LogP contribution in [0.15, 0.2) is 49.2 Å². The Labute approximate surface area is 116 Å². The molecule has 0 spiro atoms. The molecule has 1 atom stereocenters. The molecule has 1 heterocycles. The average molecular weight is 269 g/mol. The van der Waals surface area contributed by atoms with Gasteiger partial charge >= 0.3 is 0 Å². The molecule has 1 aromatic carbocycles. The third-order valence-electron chi connectivity index (χ3n) is 2.93. The summed E-state index contributed by atoms with van der Waals surface area (Å²) in [6, 6.07) is 8.21. The Morgan fingerprint density at radius 1 is 1.35 bits per heavy atom. The van der Waals surface area contributed by atoms with Gasteiger partial charge in [-0.2, -0.15) is 0 Å². The summed E-state index contributed by atoms with van der Waals surface area (Å²) in [5, 5.41) is 3.46. The number of primary amides is 1. The van der Waals surface area contributed by atoms with E-state index in [0.29, 0.717) is 17.5 Å². The van der Waals surface area contributed by atoms with Crippen LogP contribution in [0.1, 0.15) is 16.8 Å². The van der Waals surface area contributed by atoms with Gasteiger partial charge in [-0.05, 0) is 18.6 Å². The second-order valence-electron chi connectivity index (χ2n) is 4.33. The van der Waals surface area contributed by atoms with Crippen LogP contribution in [-0.2, 0) is 4.79 Å². The largest absolute Gasteiger partial charge is 0.368 e. The van der Waals surface area contributed by atoms with Gasteiger partial charge in [0.25, 0.3) is 5.91 Å². The van der Waals surface area contributed by atoms with Crippen LogP contribution in [0.4, 0.5) is 0 Å². The van der Waals surface area contributed by atoms with Crippen molar-refractivity contribution in [2.24, 2.45) is 5.73 Å². The zero-order valence-electron chi connectivity index (χ0n) is 10.9. The minimum absolute atomic E-state index is 0.291. The molecular weight excluding hydrogens is 254 g/mol. The molecule has 0 saturated carbocycles. The Balaban J connectivity index is 2.31. The van der Waals surface area contributed by atoms with E-state index in [2.05, 4.69) is 16.9 Å². The molecule has 2 amide bonds. The van der Waals surface area contributed by atoms with E-state index in [1.165, 1.54) is 6.08 Å². The Bertz CT molecular complexity index is 662. The van der Waals surface area contributed by atoms with Crippen LogP contribution in [0, 0.1) is 0 Å². The van der Waals surface area contributed by atoms with Crippen LogP contribution in [-0.4, -0.2) is 22.8 Å². The molecule has 3 N–H and O–H groups in total. The maximum atomic E-state index is 12.3. The van der Waals surface area contributed by atoms with Crippen LogP contribution in [0.3, 0.4) is 0 Å². The molecule has 0 bridgehead atoms. The highest BCUT2D eigenvalue weighted by molar-refractivity contribution is 6.06. The normalized spacial score (nSPS) is 11.8. The second kappa shape index (κ2) is 5.97. The zero-order chi connectivity index (χ0) is 14.5. The molecule has 5 nitrogen and oxygen atoms in total. The first-order valence-corrected chi connectivity index (χ1v) is 6.18. The molecule has 1 aromatic heterocycles. The van der Waals surface area contributed by atoms with Crippen LogP contribution in [0.5, 0.6) is 0 Å². The number of para-hydroxylation sites is 1. The maximum Gasteiger partial charge on any atom is 0.254 e. The van der Waals surface area contributed by atoms with E-state index in [9.17, 15) is 9.59 Å². The predicted molar refractivity (Wildman–Crippen MR) is 77.0 cm³/mol. The van der Waals surface area contributed by atoms with Crippen LogP contribution < -0.4 is 11.1 Å². The number of amides is 2. The van der Waals surface area contributed by atoms with Gasteiger partial charge in [-0.1, -0.05) is 24.3 Å². The van der Waals surface area contributed by atoms with Gasteiger partial charge in [0.15, 0.2) is 0 Å². The molecule has 2 aromatic rings. The van der Waals surface area contributed by atoms with Gasteiger partial charge in [-0.25, -0.2) is 0 Å². The fraction of sp³-hybridized carbons (Fsp3) is 0.133. The summed E-state index contributed by atoms with van der Waals surface area (Å²) in [5.74, 6) is -0.966. The number of pyridine rings is 1. The molecule has 0 fully saturated rings. The van der Waals surface area contributed by atoms with Crippen molar-refractivity contribution in [1.82, 2.24) is 10.3 Å². The van der Waals surface area contributed by atoms with Crippen LogP contribution in [0.2, 0.25) is 0 Å². The Morgan fingerprint density at radius 3 is 2.80 bits per heavy atom. The zero-order valence-corrected chi connectivity index (χ0v) is 10.9. The van der Waals surface area contributed by atoms with Gasteiger partial charge in [-0.3, -0.25) is 14.6 Å². The van der Waals surface area contributed by atoms with Gasteiger partial charge in [-0.15, -0.1) is 6.58 Å². The lowest BCUT2D eigenvalue weighted by atomic mass is 10.1. The van der Waals surface area contributed by atoms with E-state index in [1.54, 1.807) is 24.4 Å². The number of carbonyl (C=O) groups excluding carboxylic acids is 2. The Morgan fingerprint density at radius 2 is 2.10 bits per heavy atom. The van der Waals surface area contributed by atoms with Gasteiger partial charge in [0.1, 0.15) is 6.04 Å². The molecule has 0 aliphatic carbocycles. The summed E-state index contributed by atoms with van der Waals surface area (Å²) in [6.45, 7) is 3.54. The predicted octanol–water partition coefficient (Wildman–Crippen LogP) is 1.39. The SMILES string of the molecule is C=CC[C@@H](NC(=O)c1cccc2cccnc12)C(N)=O. The lowest BCUT2D eigenvalue weighted by Gasteiger charge is -2.14. The summed E-state index contributed by atoms with van der Waals surface area (Å²) in [5.41, 5.74) is 6.25. The highest BCUT2D eigenvalue weighted by atomic mass is 16.2. The number of carbonyl (C=O) groups is 2. The fourth-order valence-corrected chi connectivity index (χ4v) is 1.94. The van der Waals surface area contributed by atoms with Crippen molar-refractivity contribution in [2.75, 3.05) is 0 Å². The fourth-order valence-electron chi connectivity index (χ4n) is 1.94. The number of nitrogens with two attached hydrogens (primary N) is 1. The van der Waals surface area contributed by atoms with Gasteiger partial charge in [0.05, 0.1) is 11.1 Å². The van der Waals surface area contributed by atoms with Crippen molar-refractivity contribution in [3.8, 4) is 0 Å². The van der Waals surface area contributed by atoms with Crippen molar-refractivity contribution in [1.29, 1.82) is 0 Å².